The molecule has 0 saturated carbocycles. The molecule has 0 aromatic heterocycles. The van der Waals surface area contributed by atoms with E-state index in [1.807, 2.05) is 30.0 Å². The van der Waals surface area contributed by atoms with E-state index < -0.39 is 0 Å². The normalized spacial score (nSPS) is 14.5. The fourth-order valence-corrected chi connectivity index (χ4v) is 4.51. The number of piperazine rings is 1. The first kappa shape index (κ1) is 23.3. The molecular weight excluding hydrogens is 432 g/mol. The molecule has 0 spiro atoms. The van der Waals surface area contributed by atoms with Gasteiger partial charge in [-0.25, -0.2) is 0 Å². The van der Waals surface area contributed by atoms with E-state index in [0.717, 1.165) is 42.5 Å². The first-order chi connectivity index (χ1) is 16.1. The number of halogens is 1. The largest absolute Gasteiger partial charge is 0.494 e. The van der Waals surface area contributed by atoms with Gasteiger partial charge in [-0.2, -0.15) is 0 Å². The Bertz CT molecular complexity index is 995. The van der Waals surface area contributed by atoms with Crippen LogP contribution >= 0.6 is 11.6 Å². The van der Waals surface area contributed by atoms with Gasteiger partial charge in [0, 0.05) is 37.6 Å². The van der Waals surface area contributed by atoms with Crippen LogP contribution in [0.5, 0.6) is 5.75 Å². The molecule has 1 heterocycles. The van der Waals surface area contributed by atoms with Crippen LogP contribution in [0.2, 0.25) is 5.02 Å². The van der Waals surface area contributed by atoms with Gasteiger partial charge in [-0.3, -0.25) is 9.69 Å². The van der Waals surface area contributed by atoms with Crippen molar-refractivity contribution in [1.29, 1.82) is 0 Å². The Morgan fingerprint density at radius 2 is 1.52 bits per heavy atom. The summed E-state index contributed by atoms with van der Waals surface area (Å²) in [5.41, 5.74) is 3.57. The van der Waals surface area contributed by atoms with Crippen LogP contribution in [-0.4, -0.2) is 48.5 Å². The number of carbonyl (C=O) groups excluding carboxylic acids is 1. The second-order valence-electron chi connectivity index (χ2n) is 8.50. The highest BCUT2D eigenvalue weighted by molar-refractivity contribution is 6.31. The first-order valence-electron chi connectivity index (χ1n) is 11.6. The smallest absolute Gasteiger partial charge is 0.222 e. The van der Waals surface area contributed by atoms with Gasteiger partial charge in [0.1, 0.15) is 5.75 Å². The van der Waals surface area contributed by atoms with Gasteiger partial charge in [-0.05, 0) is 48.2 Å². The van der Waals surface area contributed by atoms with Crippen LogP contribution in [0.1, 0.15) is 35.6 Å². The number of benzene rings is 3. The number of hydrogen-bond acceptors (Lipinski definition) is 3. The molecule has 4 rings (SSSR count). The molecule has 0 aliphatic carbocycles. The maximum absolute atomic E-state index is 12.8. The van der Waals surface area contributed by atoms with Gasteiger partial charge >= 0.3 is 0 Å². The highest BCUT2D eigenvalue weighted by atomic mass is 35.5. The van der Waals surface area contributed by atoms with Crippen LogP contribution in [0.25, 0.3) is 0 Å². The molecule has 0 radical (unpaired) electrons. The molecule has 33 heavy (non-hydrogen) atoms. The Morgan fingerprint density at radius 1 is 0.909 bits per heavy atom. The SMILES string of the molecule is Cc1cc(OCCCC(=O)N2CCN(C(c3ccccc3)c3ccccc3)CC2)ccc1Cl. The summed E-state index contributed by atoms with van der Waals surface area (Å²) in [6.07, 6.45) is 1.21. The Kier molecular flexibility index (Phi) is 8.03. The summed E-state index contributed by atoms with van der Waals surface area (Å²) in [6.45, 7) is 5.72. The monoisotopic (exact) mass is 462 g/mol. The van der Waals surface area contributed by atoms with E-state index in [1.54, 1.807) is 0 Å². The van der Waals surface area contributed by atoms with Gasteiger partial charge in [0.05, 0.1) is 12.6 Å². The number of amides is 1. The Balaban J connectivity index is 1.28. The van der Waals surface area contributed by atoms with E-state index in [4.69, 9.17) is 16.3 Å². The van der Waals surface area contributed by atoms with Crippen molar-refractivity contribution in [3.63, 3.8) is 0 Å². The molecule has 0 N–H and O–H groups in total. The zero-order chi connectivity index (χ0) is 23.0. The van der Waals surface area contributed by atoms with E-state index >= 15 is 0 Å². The molecule has 172 valence electrons. The van der Waals surface area contributed by atoms with Crippen molar-refractivity contribution in [2.24, 2.45) is 0 Å². The molecule has 1 fully saturated rings. The molecule has 1 aliphatic rings. The van der Waals surface area contributed by atoms with Crippen molar-refractivity contribution in [1.82, 2.24) is 9.80 Å². The average Bonchev–Trinajstić information content (AvgIpc) is 2.86. The molecule has 1 saturated heterocycles. The molecule has 1 amide bonds. The number of nitrogens with zero attached hydrogens (tertiary/aromatic N) is 2. The molecule has 0 unspecified atom stereocenters. The minimum absolute atomic E-state index is 0.209. The van der Waals surface area contributed by atoms with E-state index in [-0.39, 0.29) is 11.9 Å². The Hall–Kier alpha value is -2.82. The Labute approximate surface area is 201 Å². The maximum atomic E-state index is 12.8. The summed E-state index contributed by atoms with van der Waals surface area (Å²) in [5, 5.41) is 0.735. The summed E-state index contributed by atoms with van der Waals surface area (Å²) in [6, 6.07) is 27.1. The zero-order valence-corrected chi connectivity index (χ0v) is 19.9. The van der Waals surface area contributed by atoms with Gasteiger partial charge in [-0.15, -0.1) is 0 Å². The topological polar surface area (TPSA) is 32.8 Å². The van der Waals surface area contributed by atoms with Crippen LogP contribution in [0.3, 0.4) is 0 Å². The van der Waals surface area contributed by atoms with Crippen LogP contribution in [-0.2, 0) is 4.79 Å². The van der Waals surface area contributed by atoms with E-state index in [2.05, 4.69) is 65.6 Å². The third-order valence-electron chi connectivity index (χ3n) is 6.20. The van der Waals surface area contributed by atoms with E-state index in [0.29, 0.717) is 19.4 Å². The van der Waals surface area contributed by atoms with Crippen LogP contribution < -0.4 is 4.74 Å². The second-order valence-corrected chi connectivity index (χ2v) is 8.91. The summed E-state index contributed by atoms with van der Waals surface area (Å²) in [4.78, 5) is 17.2. The van der Waals surface area contributed by atoms with Crippen LogP contribution in [0, 0.1) is 6.92 Å². The van der Waals surface area contributed by atoms with Crippen molar-refractivity contribution in [2.45, 2.75) is 25.8 Å². The molecular formula is C28H31ClN2O2. The van der Waals surface area contributed by atoms with Crippen LogP contribution in [0.15, 0.2) is 78.9 Å². The third-order valence-corrected chi connectivity index (χ3v) is 6.62. The fraction of sp³-hybridized carbons (Fsp3) is 0.321. The number of rotatable bonds is 8. The van der Waals surface area contributed by atoms with Crippen molar-refractivity contribution >= 4 is 17.5 Å². The molecule has 5 heteroatoms. The molecule has 4 nitrogen and oxygen atoms in total. The molecule has 3 aromatic rings. The maximum Gasteiger partial charge on any atom is 0.222 e. The molecule has 3 aromatic carbocycles. The third kappa shape index (κ3) is 6.16. The lowest BCUT2D eigenvalue weighted by atomic mass is 9.96. The van der Waals surface area contributed by atoms with Crippen molar-refractivity contribution in [3.05, 3.63) is 101 Å². The van der Waals surface area contributed by atoms with Crippen molar-refractivity contribution in [2.75, 3.05) is 32.8 Å². The number of carbonyl (C=O) groups is 1. The molecule has 0 atom stereocenters. The molecule has 1 aliphatic heterocycles. The van der Waals surface area contributed by atoms with Gasteiger partial charge in [0.15, 0.2) is 0 Å². The van der Waals surface area contributed by atoms with Crippen molar-refractivity contribution in [3.8, 4) is 5.75 Å². The first-order valence-corrected chi connectivity index (χ1v) is 12.0. The predicted molar refractivity (Wildman–Crippen MR) is 134 cm³/mol. The zero-order valence-electron chi connectivity index (χ0n) is 19.1. The fourth-order valence-electron chi connectivity index (χ4n) is 4.39. The van der Waals surface area contributed by atoms with Gasteiger partial charge in [0.2, 0.25) is 5.91 Å². The standard InChI is InChI=1S/C28H31ClN2O2/c1-22-21-25(14-15-26(22)29)33-20-8-13-27(32)30-16-18-31(19-17-30)28(23-9-4-2-5-10-23)24-11-6-3-7-12-24/h2-7,9-12,14-15,21,28H,8,13,16-20H2,1H3. The van der Waals surface area contributed by atoms with E-state index in [9.17, 15) is 4.79 Å². The lowest BCUT2D eigenvalue weighted by Gasteiger charge is -2.40. The number of ether oxygens (including phenoxy) is 1. The highest BCUT2D eigenvalue weighted by Gasteiger charge is 2.27. The lowest BCUT2D eigenvalue weighted by Crippen LogP contribution is -2.49. The van der Waals surface area contributed by atoms with Gasteiger partial charge in [-0.1, -0.05) is 72.3 Å². The lowest BCUT2D eigenvalue weighted by molar-refractivity contribution is -0.133. The van der Waals surface area contributed by atoms with Gasteiger partial charge < -0.3 is 9.64 Å². The minimum Gasteiger partial charge on any atom is -0.494 e. The van der Waals surface area contributed by atoms with E-state index in [1.165, 1.54) is 11.1 Å². The summed E-state index contributed by atoms with van der Waals surface area (Å²) in [7, 11) is 0. The number of aryl methyl sites for hydroxylation is 1. The molecule has 0 bridgehead atoms. The Morgan fingerprint density at radius 3 is 2.09 bits per heavy atom. The van der Waals surface area contributed by atoms with Gasteiger partial charge in [0.25, 0.3) is 0 Å². The predicted octanol–water partition coefficient (Wildman–Crippen LogP) is 5.74. The average molecular weight is 463 g/mol. The highest BCUT2D eigenvalue weighted by Crippen LogP contribution is 2.29. The van der Waals surface area contributed by atoms with Crippen LogP contribution in [0.4, 0.5) is 0 Å². The van der Waals surface area contributed by atoms with Crippen molar-refractivity contribution < 1.29 is 9.53 Å². The summed E-state index contributed by atoms with van der Waals surface area (Å²) in [5.74, 6) is 1.01. The minimum atomic E-state index is 0.209. The number of hydrogen-bond donors (Lipinski definition) is 0. The summed E-state index contributed by atoms with van der Waals surface area (Å²) >= 11 is 6.06. The second kappa shape index (κ2) is 11.4. The summed E-state index contributed by atoms with van der Waals surface area (Å²) < 4.78 is 5.79. The quantitative estimate of drug-likeness (QED) is 0.400.